The number of hydrogen-bond donors (Lipinski definition) is 2. The van der Waals surface area contributed by atoms with E-state index in [1.54, 1.807) is 0 Å². The van der Waals surface area contributed by atoms with Gasteiger partial charge in [-0.25, -0.2) is 9.97 Å². The smallest absolute Gasteiger partial charge is 0.137 e. The van der Waals surface area contributed by atoms with Gasteiger partial charge in [-0.2, -0.15) is 0 Å². The molecule has 5 heteroatoms. The standard InChI is InChI=1S/C16H17N5/c1-2-15(21-9-7-17-8-10-21)20-11-12(1)13-3-5-18-16-14(13)4-6-19-16/h1-6,11,17H,7-10H2,(H,18,19). The SMILES string of the molecule is c1cc(-c2ccc(N3CCNCC3)nc2)c2cc[nH]c2n1. The summed E-state index contributed by atoms with van der Waals surface area (Å²) < 4.78 is 0. The zero-order valence-corrected chi connectivity index (χ0v) is 11.7. The average molecular weight is 279 g/mol. The summed E-state index contributed by atoms with van der Waals surface area (Å²) in [6.07, 6.45) is 5.71. The van der Waals surface area contributed by atoms with Crippen molar-refractivity contribution in [3.05, 3.63) is 42.9 Å². The van der Waals surface area contributed by atoms with Crippen LogP contribution < -0.4 is 10.2 Å². The van der Waals surface area contributed by atoms with Gasteiger partial charge in [-0.3, -0.25) is 0 Å². The number of pyridine rings is 2. The molecule has 21 heavy (non-hydrogen) atoms. The molecule has 3 aromatic heterocycles. The largest absolute Gasteiger partial charge is 0.354 e. The second-order valence-corrected chi connectivity index (χ2v) is 5.24. The van der Waals surface area contributed by atoms with E-state index in [0.29, 0.717) is 0 Å². The van der Waals surface area contributed by atoms with Gasteiger partial charge < -0.3 is 15.2 Å². The van der Waals surface area contributed by atoms with Crippen LogP contribution in [0.3, 0.4) is 0 Å². The number of nitrogens with zero attached hydrogens (tertiary/aromatic N) is 3. The first-order valence-electron chi connectivity index (χ1n) is 7.26. The Bertz CT molecular complexity index is 741. The molecule has 2 N–H and O–H groups in total. The van der Waals surface area contributed by atoms with Crippen LogP contribution in [0.25, 0.3) is 22.2 Å². The number of hydrogen-bond acceptors (Lipinski definition) is 4. The number of piperazine rings is 1. The second kappa shape index (κ2) is 5.18. The summed E-state index contributed by atoms with van der Waals surface area (Å²) in [6, 6.07) is 8.35. The number of aromatic nitrogens is 3. The van der Waals surface area contributed by atoms with Crippen molar-refractivity contribution in [1.82, 2.24) is 20.3 Å². The van der Waals surface area contributed by atoms with Crippen molar-refractivity contribution in [3.8, 4) is 11.1 Å². The van der Waals surface area contributed by atoms with Gasteiger partial charge in [-0.1, -0.05) is 0 Å². The molecule has 3 aromatic rings. The summed E-state index contributed by atoms with van der Waals surface area (Å²) >= 11 is 0. The van der Waals surface area contributed by atoms with Crippen LogP contribution in [0.1, 0.15) is 0 Å². The maximum absolute atomic E-state index is 4.64. The van der Waals surface area contributed by atoms with E-state index in [1.165, 1.54) is 5.56 Å². The van der Waals surface area contributed by atoms with Crippen LogP contribution in [0.5, 0.6) is 0 Å². The lowest BCUT2D eigenvalue weighted by atomic mass is 10.1. The zero-order chi connectivity index (χ0) is 14.1. The second-order valence-electron chi connectivity index (χ2n) is 5.24. The first kappa shape index (κ1) is 12.3. The molecule has 0 aliphatic carbocycles. The Balaban J connectivity index is 1.68. The highest BCUT2D eigenvalue weighted by Gasteiger charge is 2.12. The molecule has 0 spiro atoms. The maximum Gasteiger partial charge on any atom is 0.137 e. The highest BCUT2D eigenvalue weighted by Crippen LogP contribution is 2.27. The Morgan fingerprint density at radius 3 is 2.71 bits per heavy atom. The molecule has 0 radical (unpaired) electrons. The third-order valence-electron chi connectivity index (χ3n) is 3.96. The molecule has 0 bridgehead atoms. The maximum atomic E-state index is 4.64. The van der Waals surface area contributed by atoms with E-state index in [2.05, 4.69) is 43.4 Å². The van der Waals surface area contributed by atoms with Crippen LogP contribution in [0.4, 0.5) is 5.82 Å². The lowest BCUT2D eigenvalue weighted by Gasteiger charge is -2.28. The van der Waals surface area contributed by atoms with Crippen molar-refractivity contribution in [1.29, 1.82) is 0 Å². The molecular formula is C16H17N5. The fourth-order valence-electron chi connectivity index (χ4n) is 2.84. The van der Waals surface area contributed by atoms with Gasteiger partial charge in [0.15, 0.2) is 0 Å². The van der Waals surface area contributed by atoms with E-state index >= 15 is 0 Å². The normalized spacial score (nSPS) is 15.5. The summed E-state index contributed by atoms with van der Waals surface area (Å²) in [4.78, 5) is 14.4. The Kier molecular flexibility index (Phi) is 3.05. The van der Waals surface area contributed by atoms with E-state index in [9.17, 15) is 0 Å². The minimum Gasteiger partial charge on any atom is -0.354 e. The zero-order valence-electron chi connectivity index (χ0n) is 11.7. The quantitative estimate of drug-likeness (QED) is 0.753. The summed E-state index contributed by atoms with van der Waals surface area (Å²) in [7, 11) is 0. The molecule has 0 saturated carbocycles. The van der Waals surface area contributed by atoms with Crippen LogP contribution in [0.15, 0.2) is 42.9 Å². The van der Waals surface area contributed by atoms with Crippen molar-refractivity contribution in [2.24, 2.45) is 0 Å². The van der Waals surface area contributed by atoms with E-state index < -0.39 is 0 Å². The fourth-order valence-corrected chi connectivity index (χ4v) is 2.84. The summed E-state index contributed by atoms with van der Waals surface area (Å²) in [5.74, 6) is 1.06. The number of anilines is 1. The molecule has 0 aromatic carbocycles. The lowest BCUT2D eigenvalue weighted by Crippen LogP contribution is -2.43. The van der Waals surface area contributed by atoms with E-state index in [0.717, 1.165) is 48.6 Å². The number of fused-ring (bicyclic) bond motifs is 1. The first-order chi connectivity index (χ1) is 10.4. The van der Waals surface area contributed by atoms with Gasteiger partial charge in [0.05, 0.1) is 0 Å². The summed E-state index contributed by atoms with van der Waals surface area (Å²) in [6.45, 7) is 4.09. The van der Waals surface area contributed by atoms with Gasteiger partial charge in [-0.15, -0.1) is 0 Å². The first-order valence-corrected chi connectivity index (χ1v) is 7.26. The molecule has 4 rings (SSSR count). The van der Waals surface area contributed by atoms with E-state index in [-0.39, 0.29) is 0 Å². The van der Waals surface area contributed by atoms with Crippen LogP contribution in [0.2, 0.25) is 0 Å². The molecule has 0 unspecified atom stereocenters. The van der Waals surface area contributed by atoms with Gasteiger partial charge in [0.25, 0.3) is 0 Å². The molecule has 5 nitrogen and oxygen atoms in total. The van der Waals surface area contributed by atoms with Crippen LogP contribution in [-0.2, 0) is 0 Å². The van der Waals surface area contributed by atoms with Gasteiger partial charge in [0.1, 0.15) is 11.5 Å². The topological polar surface area (TPSA) is 56.8 Å². The average Bonchev–Trinajstić information content (AvgIpc) is 3.04. The van der Waals surface area contributed by atoms with Crippen molar-refractivity contribution < 1.29 is 0 Å². The highest BCUT2D eigenvalue weighted by atomic mass is 15.2. The molecule has 1 saturated heterocycles. The predicted molar refractivity (Wildman–Crippen MR) is 84.4 cm³/mol. The van der Waals surface area contributed by atoms with Gasteiger partial charge in [0.2, 0.25) is 0 Å². The van der Waals surface area contributed by atoms with Gasteiger partial charge in [0, 0.05) is 55.7 Å². The minimum atomic E-state index is 0.915. The molecule has 1 aliphatic rings. The Morgan fingerprint density at radius 2 is 1.90 bits per heavy atom. The Hall–Kier alpha value is -2.40. The van der Waals surface area contributed by atoms with Crippen molar-refractivity contribution in [2.75, 3.05) is 31.1 Å². The number of H-pyrrole nitrogens is 1. The van der Waals surface area contributed by atoms with Crippen LogP contribution in [0, 0.1) is 0 Å². The fraction of sp³-hybridized carbons (Fsp3) is 0.250. The van der Waals surface area contributed by atoms with Gasteiger partial charge in [-0.05, 0) is 29.8 Å². The Labute approximate surface area is 123 Å². The highest BCUT2D eigenvalue weighted by molar-refractivity contribution is 5.92. The number of nitrogens with one attached hydrogen (secondary N) is 2. The van der Waals surface area contributed by atoms with Crippen LogP contribution in [-0.4, -0.2) is 41.1 Å². The van der Waals surface area contributed by atoms with Crippen molar-refractivity contribution >= 4 is 16.9 Å². The summed E-state index contributed by atoms with van der Waals surface area (Å²) in [5, 5.41) is 4.49. The molecule has 0 atom stereocenters. The van der Waals surface area contributed by atoms with Gasteiger partial charge >= 0.3 is 0 Å². The Morgan fingerprint density at radius 1 is 1.00 bits per heavy atom. The monoisotopic (exact) mass is 279 g/mol. The van der Waals surface area contributed by atoms with Crippen molar-refractivity contribution in [2.45, 2.75) is 0 Å². The molecule has 1 aliphatic heterocycles. The third-order valence-corrected chi connectivity index (χ3v) is 3.96. The number of rotatable bonds is 2. The summed E-state index contributed by atoms with van der Waals surface area (Å²) in [5.41, 5.74) is 3.21. The van der Waals surface area contributed by atoms with E-state index in [4.69, 9.17) is 0 Å². The molecule has 4 heterocycles. The van der Waals surface area contributed by atoms with E-state index in [1.807, 2.05) is 24.7 Å². The van der Waals surface area contributed by atoms with Crippen LogP contribution >= 0.6 is 0 Å². The molecule has 0 amide bonds. The third kappa shape index (κ3) is 2.25. The lowest BCUT2D eigenvalue weighted by molar-refractivity contribution is 0.585. The minimum absolute atomic E-state index is 0.915. The molecule has 106 valence electrons. The molecule has 1 fully saturated rings. The predicted octanol–water partition coefficient (Wildman–Crippen LogP) is 2.03. The molecular weight excluding hydrogens is 262 g/mol. The van der Waals surface area contributed by atoms with Crippen molar-refractivity contribution in [3.63, 3.8) is 0 Å². The number of aromatic amines is 1.